The lowest BCUT2D eigenvalue weighted by molar-refractivity contribution is 0.100. The smallest absolute Gasteiger partial charge is 0.300 e. The van der Waals surface area contributed by atoms with Crippen LogP contribution in [0.2, 0.25) is 0 Å². The number of nitrogens with two attached hydrogens (primary N) is 2. The molecule has 12 nitrogen and oxygen atoms in total. The second kappa shape index (κ2) is 11.2. The number of aromatic nitrogens is 5. The number of fused-ring (bicyclic) bond motifs is 2. The highest BCUT2D eigenvalue weighted by atomic mass is 32.2. The average Bonchev–Trinajstić information content (AvgIpc) is 3.58. The quantitative estimate of drug-likeness (QED) is 0.193. The number of hydrogen-bond donors (Lipinski definition) is 3. The Morgan fingerprint density at radius 1 is 1.11 bits per heavy atom. The van der Waals surface area contributed by atoms with Gasteiger partial charge in [0.15, 0.2) is 11.5 Å². The molecule has 6 rings (SSSR count). The van der Waals surface area contributed by atoms with Crippen molar-refractivity contribution in [2.45, 2.75) is 18.3 Å². The first-order chi connectivity index (χ1) is 21.0. The monoisotopic (exact) mass is 625 g/mol. The third-order valence-electron chi connectivity index (χ3n) is 7.19. The Morgan fingerprint density at radius 3 is 2.57 bits per heavy atom. The van der Waals surface area contributed by atoms with Crippen LogP contribution < -0.4 is 20.1 Å². The Bertz CT molecular complexity index is 2110. The van der Waals surface area contributed by atoms with Crippen LogP contribution in [0.4, 0.5) is 11.5 Å². The summed E-state index contributed by atoms with van der Waals surface area (Å²) >= 11 is 5.07. The van der Waals surface area contributed by atoms with Crippen molar-refractivity contribution in [2.75, 3.05) is 9.21 Å². The molecule has 44 heavy (non-hydrogen) atoms. The number of benzene rings is 2. The van der Waals surface area contributed by atoms with E-state index >= 15 is 0 Å². The number of nitrogens with zero attached hydrogens (tertiary/aromatic N) is 7. The van der Waals surface area contributed by atoms with Gasteiger partial charge in [0, 0.05) is 48.1 Å². The van der Waals surface area contributed by atoms with Crippen LogP contribution in [-0.4, -0.2) is 44.7 Å². The molecule has 0 fully saturated rings. The Morgan fingerprint density at radius 2 is 1.89 bits per heavy atom. The molecule has 5 aromatic rings. The van der Waals surface area contributed by atoms with Crippen molar-refractivity contribution in [3.05, 3.63) is 113 Å². The number of carbonyl (C=O) groups excluding carboxylic acids is 1. The molecule has 0 bridgehead atoms. The summed E-state index contributed by atoms with van der Waals surface area (Å²) in [5, 5.41) is 13.8. The number of amides is 1. The van der Waals surface area contributed by atoms with Crippen molar-refractivity contribution in [1.29, 1.82) is 0 Å². The molecule has 0 aliphatic carbocycles. The first-order valence-corrected chi connectivity index (χ1v) is 15.4. The van der Waals surface area contributed by atoms with E-state index in [2.05, 4.69) is 27.0 Å². The maximum Gasteiger partial charge on any atom is 0.300 e. The van der Waals surface area contributed by atoms with Crippen LogP contribution in [0.25, 0.3) is 11.7 Å². The molecule has 14 heteroatoms. The molecule has 222 valence electrons. The van der Waals surface area contributed by atoms with Gasteiger partial charge in [0.05, 0.1) is 17.8 Å². The van der Waals surface area contributed by atoms with Gasteiger partial charge in [-0.25, -0.2) is 18.9 Å². The van der Waals surface area contributed by atoms with Gasteiger partial charge >= 0.3 is 10.2 Å². The van der Waals surface area contributed by atoms with Crippen LogP contribution >= 0.6 is 12.6 Å². The van der Waals surface area contributed by atoms with Crippen LogP contribution in [-0.2, 0) is 17.3 Å². The van der Waals surface area contributed by atoms with E-state index in [1.165, 1.54) is 16.9 Å². The first-order valence-electron chi connectivity index (χ1n) is 13.4. The molecule has 1 amide bonds. The van der Waals surface area contributed by atoms with E-state index in [9.17, 15) is 13.2 Å². The van der Waals surface area contributed by atoms with Crippen molar-refractivity contribution in [1.82, 2.24) is 24.4 Å². The second-order valence-electron chi connectivity index (χ2n) is 10.1. The molecule has 0 radical (unpaired) electrons. The summed E-state index contributed by atoms with van der Waals surface area (Å²) in [6.45, 7) is 1.66. The van der Waals surface area contributed by atoms with Crippen molar-refractivity contribution in [3.8, 4) is 11.8 Å². The largest absolute Gasteiger partial charge is 0.365 e. The number of aryl methyl sites for hydroxylation is 1. The van der Waals surface area contributed by atoms with E-state index in [0.29, 0.717) is 5.70 Å². The van der Waals surface area contributed by atoms with Crippen molar-refractivity contribution < 1.29 is 13.2 Å². The fourth-order valence-corrected chi connectivity index (χ4v) is 6.80. The van der Waals surface area contributed by atoms with E-state index in [-0.39, 0.29) is 17.0 Å². The van der Waals surface area contributed by atoms with E-state index in [0.717, 1.165) is 32.2 Å². The van der Waals surface area contributed by atoms with Gasteiger partial charge in [-0.05, 0) is 42.8 Å². The van der Waals surface area contributed by atoms with Crippen LogP contribution in [0.1, 0.15) is 44.9 Å². The second-order valence-corrected chi connectivity index (χ2v) is 12.0. The summed E-state index contributed by atoms with van der Waals surface area (Å²) in [6, 6.07) is 15.7. The van der Waals surface area contributed by atoms with E-state index in [1.807, 2.05) is 72.8 Å². The van der Waals surface area contributed by atoms with Crippen LogP contribution in [0, 0.1) is 11.8 Å². The summed E-state index contributed by atoms with van der Waals surface area (Å²) < 4.78 is 30.5. The van der Waals surface area contributed by atoms with Crippen LogP contribution in [0.15, 0.2) is 85.1 Å². The minimum Gasteiger partial charge on any atom is -0.365 e. The molecular weight excluding hydrogens is 599 g/mol. The van der Waals surface area contributed by atoms with Gasteiger partial charge in [0.25, 0.3) is 5.91 Å². The first kappa shape index (κ1) is 29.0. The molecule has 2 atom stereocenters. The van der Waals surface area contributed by atoms with Crippen molar-refractivity contribution in [3.63, 3.8) is 0 Å². The summed E-state index contributed by atoms with van der Waals surface area (Å²) in [5.74, 6) is 5.27. The van der Waals surface area contributed by atoms with E-state index in [1.54, 1.807) is 23.9 Å². The number of anilines is 2. The van der Waals surface area contributed by atoms with Gasteiger partial charge in [-0.15, -0.1) is 17.7 Å². The zero-order valence-corrected chi connectivity index (χ0v) is 25.3. The van der Waals surface area contributed by atoms with Gasteiger partial charge in [-0.3, -0.25) is 9.48 Å². The highest BCUT2D eigenvalue weighted by molar-refractivity contribution is 7.90. The fourth-order valence-electron chi connectivity index (χ4n) is 5.33. The Hall–Kier alpha value is -5.10. The number of primary amides is 1. The molecule has 0 saturated carbocycles. The molecular formula is C30H27N9O3S2. The van der Waals surface area contributed by atoms with Crippen LogP contribution in [0.5, 0.6) is 0 Å². The molecule has 0 spiro atoms. The summed E-state index contributed by atoms with van der Waals surface area (Å²) in [4.78, 5) is 18.7. The van der Waals surface area contributed by atoms with Crippen molar-refractivity contribution in [2.24, 2.45) is 17.9 Å². The zero-order chi connectivity index (χ0) is 31.2. The van der Waals surface area contributed by atoms with Gasteiger partial charge in [0.2, 0.25) is 0 Å². The minimum atomic E-state index is -4.52. The number of carbonyl (C=O) groups is 1. The lowest BCUT2D eigenvalue weighted by Gasteiger charge is -2.42. The lowest BCUT2D eigenvalue weighted by atomic mass is 9.93. The molecule has 3 aromatic heterocycles. The predicted octanol–water partition coefficient (Wildman–Crippen LogP) is 2.85. The third-order valence-corrected chi connectivity index (χ3v) is 8.72. The maximum atomic E-state index is 13.3. The number of para-hydroxylation sites is 1. The summed E-state index contributed by atoms with van der Waals surface area (Å²) in [6.07, 6.45) is 8.37. The summed E-state index contributed by atoms with van der Waals surface area (Å²) in [5.41, 5.74) is 10.1. The van der Waals surface area contributed by atoms with Crippen LogP contribution in [0.3, 0.4) is 0 Å². The Labute approximate surface area is 259 Å². The Kier molecular flexibility index (Phi) is 7.38. The predicted molar refractivity (Wildman–Crippen MR) is 171 cm³/mol. The number of thiol groups is 1. The highest BCUT2D eigenvalue weighted by Crippen LogP contribution is 2.44. The topological polar surface area (TPSA) is 158 Å². The summed E-state index contributed by atoms with van der Waals surface area (Å²) in [7, 11) is -2.69. The zero-order valence-electron chi connectivity index (χ0n) is 23.6. The van der Waals surface area contributed by atoms with Gasteiger partial charge in [0.1, 0.15) is 10.9 Å². The normalized spacial score (nSPS) is 15.2. The number of rotatable bonds is 6. The SMILES string of the molecule is CC(C1=Cc2cccc(C#Cc3cnn(C)c3)c2C(S)N1c1ccccc1)N(c1nn2cccnc2c1C(N)=O)S(N)(=O)=O. The van der Waals surface area contributed by atoms with Crippen molar-refractivity contribution >= 4 is 52.0 Å². The molecule has 1 aliphatic heterocycles. The highest BCUT2D eigenvalue weighted by Gasteiger charge is 2.39. The van der Waals surface area contributed by atoms with E-state index < -0.39 is 27.5 Å². The minimum absolute atomic E-state index is 0.0997. The molecule has 4 heterocycles. The average molecular weight is 626 g/mol. The fraction of sp³-hybridized carbons (Fsp3) is 0.133. The third kappa shape index (κ3) is 5.17. The van der Waals surface area contributed by atoms with Gasteiger partial charge in [-0.2, -0.15) is 13.5 Å². The molecule has 4 N–H and O–H groups in total. The Balaban J connectivity index is 1.55. The van der Waals surface area contributed by atoms with Gasteiger partial charge in [-0.1, -0.05) is 42.2 Å². The maximum absolute atomic E-state index is 13.3. The standard InChI is InChI=1S/C30H27N9O3S2/c1-19(39(44(32,41)42)29-26(27(31)40)28-33-14-7-15-37(28)35-29)24-16-22-9-6-8-21(13-12-20-17-34-36(2)18-20)25(22)30(43)38(24)23-10-4-3-5-11-23/h3-11,14-19,30,43H,1-2H3,(H2,31,40)(H2,32,41,42). The van der Waals surface area contributed by atoms with E-state index in [4.69, 9.17) is 23.5 Å². The van der Waals surface area contributed by atoms with Gasteiger partial charge < -0.3 is 10.6 Å². The molecule has 0 saturated heterocycles. The number of hydrogen-bond acceptors (Lipinski definition) is 8. The molecule has 2 aromatic carbocycles. The lowest BCUT2D eigenvalue weighted by Crippen LogP contribution is -2.49. The molecule has 2 unspecified atom stereocenters. The molecule has 1 aliphatic rings.